The number of carbonyl (C=O) groups excluding carboxylic acids is 2. The van der Waals surface area contributed by atoms with E-state index < -0.39 is 38.5 Å². The summed E-state index contributed by atoms with van der Waals surface area (Å²) >= 11 is 0. The molecule has 0 aliphatic heterocycles. The summed E-state index contributed by atoms with van der Waals surface area (Å²) in [5.41, 5.74) is 2.73. The van der Waals surface area contributed by atoms with Crippen molar-refractivity contribution in [2.24, 2.45) is 0 Å². The van der Waals surface area contributed by atoms with E-state index in [1.807, 2.05) is 0 Å². The molecule has 0 amide bonds. The number of hydrogen-bond acceptors (Lipinski definition) is 4. The van der Waals surface area contributed by atoms with Gasteiger partial charge in [0.1, 0.15) is 16.1 Å². The van der Waals surface area contributed by atoms with Crippen molar-refractivity contribution in [2.75, 3.05) is 0 Å². The molecule has 36 heavy (non-hydrogen) atoms. The van der Waals surface area contributed by atoms with Crippen molar-refractivity contribution in [3.63, 3.8) is 0 Å². The molecule has 4 nitrogen and oxygen atoms in total. The van der Waals surface area contributed by atoms with Gasteiger partial charge in [-0.15, -0.1) is 0 Å². The highest BCUT2D eigenvalue weighted by Crippen LogP contribution is 2.52. The van der Waals surface area contributed by atoms with Crippen LogP contribution >= 0.6 is 0 Å². The van der Waals surface area contributed by atoms with E-state index in [4.69, 9.17) is 9.47 Å². The minimum atomic E-state index is -2.09. The number of hydrogen-bond donors (Lipinski definition) is 0. The van der Waals surface area contributed by atoms with Crippen molar-refractivity contribution < 1.29 is 19.1 Å². The second-order valence-electron chi connectivity index (χ2n) is 13.1. The van der Waals surface area contributed by atoms with Crippen LogP contribution in [0.5, 0.6) is 0 Å². The Hall–Kier alpha value is -0.886. The van der Waals surface area contributed by atoms with E-state index in [0.29, 0.717) is 33.2 Å². The molecule has 0 saturated carbocycles. The van der Waals surface area contributed by atoms with Crippen molar-refractivity contribution in [1.82, 2.24) is 0 Å². The van der Waals surface area contributed by atoms with Crippen molar-refractivity contribution in [3.8, 4) is 0 Å². The Morgan fingerprint density at radius 1 is 0.556 bits per heavy atom. The van der Waals surface area contributed by atoms with E-state index in [-0.39, 0.29) is 0 Å². The summed E-state index contributed by atoms with van der Waals surface area (Å²) < 4.78 is 12.5. The Morgan fingerprint density at radius 2 is 0.750 bits per heavy atom. The number of carbonyl (C=O) groups is 2. The Balaban J connectivity index is 6.10. The minimum Gasteiger partial charge on any atom is -0.460 e. The molecule has 0 bridgehead atoms. The first-order valence-electron chi connectivity index (χ1n) is 14.4. The van der Waals surface area contributed by atoms with E-state index in [1.165, 1.54) is 12.2 Å². The third kappa shape index (κ3) is 6.22. The number of rotatable bonds is 14. The van der Waals surface area contributed by atoms with Crippen LogP contribution in [0.1, 0.15) is 124 Å². The maximum atomic E-state index is 13.1. The molecule has 0 aromatic rings. The Labute approximate surface area is 226 Å². The van der Waals surface area contributed by atoms with Gasteiger partial charge in [-0.05, 0) is 59.9 Å². The molecule has 0 aromatic carbocycles. The molecule has 0 rings (SSSR count). The van der Waals surface area contributed by atoms with E-state index in [9.17, 15) is 9.59 Å². The van der Waals surface area contributed by atoms with Crippen LogP contribution in [0.3, 0.4) is 0 Å². The van der Waals surface area contributed by atoms with Gasteiger partial charge in [0.05, 0.1) is 10.4 Å². The third-order valence-electron chi connectivity index (χ3n) is 9.92. The predicted octanol–water partition coefficient (Wildman–Crippen LogP) is 9.40. The lowest BCUT2D eigenvalue weighted by molar-refractivity contribution is -0.149. The summed E-state index contributed by atoms with van der Waals surface area (Å²) in [6, 6.07) is 0. The van der Waals surface area contributed by atoms with Gasteiger partial charge in [-0.25, -0.2) is 9.59 Å². The quantitative estimate of drug-likeness (QED) is 0.125. The van der Waals surface area contributed by atoms with Crippen molar-refractivity contribution >= 4 is 28.1 Å². The molecule has 2 unspecified atom stereocenters. The van der Waals surface area contributed by atoms with E-state index >= 15 is 0 Å². The average Bonchev–Trinajstić information content (AvgIpc) is 2.71. The summed E-state index contributed by atoms with van der Waals surface area (Å²) in [7, 11) is -4.19. The summed E-state index contributed by atoms with van der Waals surface area (Å²) in [6.45, 7) is 35.8. The van der Waals surface area contributed by atoms with Crippen LogP contribution in [0.25, 0.3) is 0 Å². The zero-order chi connectivity index (χ0) is 28.9. The third-order valence-corrected chi connectivity index (χ3v) is 26.0. The molecule has 6 heteroatoms. The highest BCUT2D eigenvalue weighted by Gasteiger charge is 2.59. The molecule has 0 fully saturated rings. The molecular weight excluding hydrogens is 480 g/mol. The molecule has 0 spiro atoms. The molecule has 0 heterocycles. The van der Waals surface area contributed by atoms with Gasteiger partial charge >= 0.3 is 11.9 Å². The van der Waals surface area contributed by atoms with Crippen LogP contribution < -0.4 is 0 Å². The first kappa shape index (κ1) is 35.1. The standard InChI is InChI=1S/C30H60O4Si2/c1-17-29(15,35(21(3)4,22(5)6)23(7)8)33-27(31)19-20-28(32)34-30(16,18-2)36(24(9)10,25(11)12)26(13)14/h19-26H,17-18H2,1-16H3/b20-19-. The Morgan fingerprint density at radius 3 is 0.889 bits per heavy atom. The SMILES string of the molecule is CCC(C)(OC(=O)/C=C\C(=O)OC(C)(CC)[Si](C(C)C)(C(C)C)C(C)C)[Si](C(C)C)(C(C)C)C(C)C. The molecule has 2 atom stereocenters. The topological polar surface area (TPSA) is 52.6 Å². The largest absolute Gasteiger partial charge is 0.460 e. The van der Waals surface area contributed by atoms with Gasteiger partial charge in [0, 0.05) is 12.2 Å². The Bertz CT molecular complexity index is 648. The lowest BCUT2D eigenvalue weighted by Gasteiger charge is -2.54. The van der Waals surface area contributed by atoms with Crippen LogP contribution in [0.2, 0.25) is 33.2 Å². The van der Waals surface area contributed by atoms with Gasteiger partial charge in [0.2, 0.25) is 0 Å². The Kier molecular flexibility index (Phi) is 12.9. The van der Waals surface area contributed by atoms with E-state index in [1.54, 1.807) is 0 Å². The summed E-state index contributed by atoms with van der Waals surface area (Å²) in [6.07, 6.45) is 4.10. The van der Waals surface area contributed by atoms with Crippen LogP contribution in [0.4, 0.5) is 0 Å². The van der Waals surface area contributed by atoms with Crippen molar-refractivity contribution in [3.05, 3.63) is 12.2 Å². The van der Waals surface area contributed by atoms with Gasteiger partial charge in [-0.2, -0.15) is 0 Å². The highest BCUT2D eigenvalue weighted by atomic mass is 28.3. The van der Waals surface area contributed by atoms with E-state index in [0.717, 1.165) is 12.8 Å². The van der Waals surface area contributed by atoms with Crippen molar-refractivity contribution in [2.45, 2.75) is 167 Å². The van der Waals surface area contributed by atoms with Crippen LogP contribution in [-0.4, -0.2) is 38.5 Å². The molecule has 0 aromatic heterocycles. The fourth-order valence-electron chi connectivity index (χ4n) is 9.25. The van der Waals surface area contributed by atoms with Crippen LogP contribution in [0.15, 0.2) is 12.2 Å². The summed E-state index contributed by atoms with van der Waals surface area (Å²) in [5.74, 6) is -0.901. The lowest BCUT2D eigenvalue weighted by Crippen LogP contribution is -2.64. The summed E-state index contributed by atoms with van der Waals surface area (Å²) in [5, 5.41) is -1.05. The van der Waals surface area contributed by atoms with Gasteiger partial charge in [-0.3, -0.25) is 0 Å². The van der Waals surface area contributed by atoms with Crippen molar-refractivity contribution in [1.29, 1.82) is 0 Å². The van der Waals surface area contributed by atoms with E-state index in [2.05, 4.69) is 111 Å². The number of ether oxygens (including phenoxy) is 2. The molecule has 0 aliphatic rings. The molecule has 0 radical (unpaired) electrons. The molecular formula is C30H60O4Si2. The monoisotopic (exact) mass is 540 g/mol. The number of esters is 2. The van der Waals surface area contributed by atoms with Gasteiger partial charge in [0.15, 0.2) is 0 Å². The van der Waals surface area contributed by atoms with Crippen LogP contribution in [0, 0.1) is 0 Å². The van der Waals surface area contributed by atoms with Crippen LogP contribution in [-0.2, 0) is 19.1 Å². The first-order chi connectivity index (χ1) is 16.3. The zero-order valence-electron chi connectivity index (χ0n) is 26.7. The maximum absolute atomic E-state index is 13.1. The highest BCUT2D eigenvalue weighted by molar-refractivity contribution is 6.86. The fraction of sp³-hybridized carbons (Fsp3) is 0.867. The summed E-state index contributed by atoms with van der Waals surface area (Å²) in [4.78, 5) is 26.2. The smallest absolute Gasteiger partial charge is 0.331 e. The van der Waals surface area contributed by atoms with Gasteiger partial charge < -0.3 is 9.47 Å². The maximum Gasteiger partial charge on any atom is 0.331 e. The fourth-order valence-corrected chi connectivity index (χ4v) is 26.4. The van der Waals surface area contributed by atoms with Gasteiger partial charge in [0.25, 0.3) is 0 Å². The normalized spacial score (nSPS) is 16.9. The molecule has 0 aliphatic carbocycles. The molecule has 0 saturated heterocycles. The predicted molar refractivity (Wildman–Crippen MR) is 161 cm³/mol. The second-order valence-corrected chi connectivity index (χ2v) is 25.9. The second kappa shape index (κ2) is 13.3. The average molecular weight is 541 g/mol. The first-order valence-corrected chi connectivity index (χ1v) is 18.9. The molecule has 0 N–H and O–H groups in total. The van der Waals surface area contributed by atoms with Gasteiger partial charge in [-0.1, -0.05) is 96.9 Å². The lowest BCUT2D eigenvalue weighted by atomic mass is 10.3. The molecule has 212 valence electrons. The zero-order valence-corrected chi connectivity index (χ0v) is 28.7. The minimum absolute atomic E-state index is 0.451.